The molecule has 2 N–H and O–H groups in total. The van der Waals surface area contributed by atoms with E-state index in [-0.39, 0.29) is 6.03 Å². The molecular weight excluding hydrogens is 324 g/mol. The molecule has 5 heteroatoms. The van der Waals surface area contributed by atoms with Crippen molar-refractivity contribution in [3.8, 4) is 5.69 Å². The number of nitrogens with one attached hydrogen (secondary N) is 2. The van der Waals surface area contributed by atoms with Gasteiger partial charge in [0.25, 0.3) is 0 Å². The van der Waals surface area contributed by atoms with Crippen LogP contribution in [0.25, 0.3) is 5.69 Å². The average molecular weight is 348 g/mol. The Morgan fingerprint density at radius 3 is 2.65 bits per heavy atom. The predicted octanol–water partition coefficient (Wildman–Crippen LogP) is 4.36. The first-order valence-corrected chi connectivity index (χ1v) is 8.86. The molecular formula is C21H24N4O. The first-order valence-electron chi connectivity index (χ1n) is 8.86. The molecule has 134 valence electrons. The minimum absolute atomic E-state index is 0.201. The summed E-state index contributed by atoms with van der Waals surface area (Å²) >= 11 is 0. The Morgan fingerprint density at radius 2 is 1.88 bits per heavy atom. The number of nitrogens with zero attached hydrogens (tertiary/aromatic N) is 2. The number of hydrogen-bond acceptors (Lipinski definition) is 2. The van der Waals surface area contributed by atoms with Crippen LogP contribution in [0, 0.1) is 0 Å². The first-order chi connectivity index (χ1) is 12.6. The van der Waals surface area contributed by atoms with Crippen molar-refractivity contribution < 1.29 is 4.79 Å². The highest BCUT2D eigenvalue weighted by Crippen LogP contribution is 2.18. The van der Waals surface area contributed by atoms with Crippen molar-refractivity contribution in [2.75, 3.05) is 11.9 Å². The van der Waals surface area contributed by atoms with E-state index in [0.717, 1.165) is 17.1 Å². The highest BCUT2D eigenvalue weighted by molar-refractivity contribution is 5.89. The lowest BCUT2D eigenvalue weighted by Crippen LogP contribution is -2.30. The van der Waals surface area contributed by atoms with E-state index in [1.54, 1.807) is 0 Å². The molecule has 2 amide bonds. The second-order valence-corrected chi connectivity index (χ2v) is 6.50. The molecule has 0 unspecified atom stereocenters. The Hall–Kier alpha value is -3.08. The van der Waals surface area contributed by atoms with Gasteiger partial charge in [0.1, 0.15) is 0 Å². The van der Waals surface area contributed by atoms with Crippen LogP contribution in [-0.4, -0.2) is 22.4 Å². The summed E-state index contributed by atoms with van der Waals surface area (Å²) < 4.78 is 1.84. The number of amides is 2. The lowest BCUT2D eigenvalue weighted by molar-refractivity contribution is 0.252. The second kappa shape index (κ2) is 8.34. The van der Waals surface area contributed by atoms with Gasteiger partial charge in [-0.05, 0) is 41.8 Å². The molecule has 5 nitrogen and oxygen atoms in total. The number of benzene rings is 2. The minimum Gasteiger partial charge on any atom is -0.337 e. The van der Waals surface area contributed by atoms with Crippen LogP contribution in [0.4, 0.5) is 10.5 Å². The monoisotopic (exact) mass is 348 g/mol. The van der Waals surface area contributed by atoms with Crippen LogP contribution in [0.15, 0.2) is 66.9 Å². The first kappa shape index (κ1) is 17.7. The van der Waals surface area contributed by atoms with Crippen LogP contribution in [0.1, 0.15) is 31.0 Å². The van der Waals surface area contributed by atoms with Crippen molar-refractivity contribution in [2.45, 2.75) is 26.2 Å². The Labute approximate surface area is 154 Å². The molecule has 1 aromatic heterocycles. The zero-order chi connectivity index (χ0) is 18.4. The molecule has 0 spiro atoms. The SMILES string of the molecule is CC(C)c1cccc(NC(=O)NCCc2ccn(-c3ccccc3)n2)c1. The maximum atomic E-state index is 12.1. The van der Waals surface area contributed by atoms with E-state index in [2.05, 4.69) is 35.6 Å². The molecule has 2 aromatic carbocycles. The summed E-state index contributed by atoms with van der Waals surface area (Å²) in [6.07, 6.45) is 2.61. The smallest absolute Gasteiger partial charge is 0.319 e. The van der Waals surface area contributed by atoms with Gasteiger partial charge in [-0.15, -0.1) is 0 Å². The van der Waals surface area contributed by atoms with Crippen LogP contribution >= 0.6 is 0 Å². The van der Waals surface area contributed by atoms with Gasteiger partial charge in [-0.1, -0.05) is 44.2 Å². The summed E-state index contributed by atoms with van der Waals surface area (Å²) in [5.41, 5.74) is 3.97. The number of anilines is 1. The predicted molar refractivity (Wildman–Crippen MR) is 105 cm³/mol. The summed E-state index contributed by atoms with van der Waals surface area (Å²) in [4.78, 5) is 12.1. The molecule has 0 aliphatic heterocycles. The third-order valence-corrected chi connectivity index (χ3v) is 4.14. The molecule has 0 fully saturated rings. The van der Waals surface area contributed by atoms with Gasteiger partial charge in [-0.3, -0.25) is 0 Å². The molecule has 26 heavy (non-hydrogen) atoms. The molecule has 0 atom stereocenters. The van der Waals surface area contributed by atoms with E-state index in [1.165, 1.54) is 5.56 Å². The van der Waals surface area contributed by atoms with E-state index in [1.807, 2.05) is 65.5 Å². The molecule has 0 bridgehead atoms. The maximum absolute atomic E-state index is 12.1. The molecule has 1 heterocycles. The van der Waals surface area contributed by atoms with Crippen molar-refractivity contribution in [3.63, 3.8) is 0 Å². The van der Waals surface area contributed by atoms with Crippen molar-refractivity contribution in [2.24, 2.45) is 0 Å². The zero-order valence-corrected chi connectivity index (χ0v) is 15.1. The summed E-state index contributed by atoms with van der Waals surface area (Å²) in [5, 5.41) is 10.3. The van der Waals surface area contributed by atoms with Gasteiger partial charge in [0.05, 0.1) is 11.4 Å². The fraction of sp³-hybridized carbons (Fsp3) is 0.238. The van der Waals surface area contributed by atoms with E-state index < -0.39 is 0 Å². The van der Waals surface area contributed by atoms with Crippen molar-refractivity contribution >= 4 is 11.7 Å². The molecule has 0 saturated carbocycles. The fourth-order valence-electron chi connectivity index (χ4n) is 2.67. The Bertz CT molecular complexity index is 855. The van der Waals surface area contributed by atoms with Crippen LogP contribution < -0.4 is 10.6 Å². The van der Waals surface area contributed by atoms with Crippen LogP contribution in [-0.2, 0) is 6.42 Å². The van der Waals surface area contributed by atoms with Crippen LogP contribution in [0.5, 0.6) is 0 Å². The molecule has 3 rings (SSSR count). The molecule has 0 aliphatic carbocycles. The van der Waals surface area contributed by atoms with Crippen molar-refractivity contribution in [1.29, 1.82) is 0 Å². The summed E-state index contributed by atoms with van der Waals surface area (Å²) in [5.74, 6) is 0.430. The van der Waals surface area contributed by atoms with Crippen molar-refractivity contribution in [1.82, 2.24) is 15.1 Å². The molecule has 0 aliphatic rings. The Balaban J connectivity index is 1.48. The van der Waals surface area contributed by atoms with Gasteiger partial charge >= 0.3 is 6.03 Å². The van der Waals surface area contributed by atoms with Gasteiger partial charge < -0.3 is 10.6 Å². The molecule has 0 saturated heterocycles. The van der Waals surface area contributed by atoms with Gasteiger partial charge in [0.15, 0.2) is 0 Å². The highest BCUT2D eigenvalue weighted by Gasteiger charge is 2.05. The topological polar surface area (TPSA) is 59.0 Å². The highest BCUT2D eigenvalue weighted by atomic mass is 16.2. The van der Waals surface area contributed by atoms with Gasteiger partial charge in [0.2, 0.25) is 0 Å². The number of aromatic nitrogens is 2. The average Bonchev–Trinajstić information content (AvgIpc) is 3.11. The lowest BCUT2D eigenvalue weighted by atomic mass is 10.0. The lowest BCUT2D eigenvalue weighted by Gasteiger charge is -2.10. The quantitative estimate of drug-likeness (QED) is 0.695. The van der Waals surface area contributed by atoms with E-state index >= 15 is 0 Å². The number of rotatable bonds is 6. The van der Waals surface area contributed by atoms with Gasteiger partial charge in [0, 0.05) is 24.8 Å². The van der Waals surface area contributed by atoms with Crippen LogP contribution in [0.2, 0.25) is 0 Å². The minimum atomic E-state index is -0.201. The Morgan fingerprint density at radius 1 is 1.08 bits per heavy atom. The summed E-state index contributed by atoms with van der Waals surface area (Å²) in [7, 11) is 0. The van der Waals surface area contributed by atoms with Crippen LogP contribution in [0.3, 0.4) is 0 Å². The third-order valence-electron chi connectivity index (χ3n) is 4.14. The second-order valence-electron chi connectivity index (χ2n) is 6.50. The number of carbonyl (C=O) groups is 1. The molecule has 3 aromatic rings. The van der Waals surface area contributed by atoms with E-state index in [9.17, 15) is 4.79 Å². The zero-order valence-electron chi connectivity index (χ0n) is 15.1. The van der Waals surface area contributed by atoms with Crippen molar-refractivity contribution in [3.05, 3.63) is 78.1 Å². The number of carbonyl (C=O) groups excluding carboxylic acids is 1. The standard InChI is InChI=1S/C21H24N4O/c1-16(2)17-7-6-8-19(15-17)23-21(26)22-13-11-18-12-14-25(24-18)20-9-4-3-5-10-20/h3-10,12,14-16H,11,13H2,1-2H3,(H2,22,23,26). The van der Waals surface area contributed by atoms with E-state index in [4.69, 9.17) is 0 Å². The number of hydrogen-bond donors (Lipinski definition) is 2. The third kappa shape index (κ3) is 4.72. The fourth-order valence-corrected chi connectivity index (χ4v) is 2.67. The molecule has 0 radical (unpaired) electrons. The summed E-state index contributed by atoms with van der Waals surface area (Å²) in [6, 6.07) is 19.7. The summed E-state index contributed by atoms with van der Waals surface area (Å²) in [6.45, 7) is 4.79. The van der Waals surface area contributed by atoms with Gasteiger partial charge in [-0.2, -0.15) is 5.10 Å². The number of para-hydroxylation sites is 1. The Kier molecular flexibility index (Phi) is 5.69. The largest absolute Gasteiger partial charge is 0.337 e. The normalized spacial score (nSPS) is 10.7. The van der Waals surface area contributed by atoms with E-state index in [0.29, 0.717) is 18.9 Å². The maximum Gasteiger partial charge on any atom is 0.319 e. The number of urea groups is 1. The van der Waals surface area contributed by atoms with Gasteiger partial charge in [-0.25, -0.2) is 9.48 Å².